The van der Waals surface area contributed by atoms with Crippen LogP contribution in [0.5, 0.6) is 0 Å². The summed E-state index contributed by atoms with van der Waals surface area (Å²) < 4.78 is 0. The van der Waals surface area contributed by atoms with Crippen LogP contribution in [-0.2, 0) is 0 Å². The first-order valence-corrected chi connectivity index (χ1v) is 11.6. The minimum atomic E-state index is -0.293. The Morgan fingerprint density at radius 2 is 1.97 bits per heavy atom. The number of anilines is 5. The molecule has 1 fully saturated rings. The molecule has 0 saturated carbocycles. The highest BCUT2D eigenvalue weighted by molar-refractivity contribution is 7.14. The molecule has 3 aromatic rings. The van der Waals surface area contributed by atoms with Gasteiger partial charge in [0.05, 0.1) is 41.2 Å². The molecule has 0 atom stereocenters. The van der Waals surface area contributed by atoms with Gasteiger partial charge in [0.1, 0.15) is 12.0 Å². The van der Waals surface area contributed by atoms with Crippen molar-refractivity contribution in [1.29, 1.82) is 0 Å². The summed E-state index contributed by atoms with van der Waals surface area (Å²) in [4.78, 5) is 28.1. The number of nitrogens with zero attached hydrogens (tertiary/aromatic N) is 5. The Balaban J connectivity index is 1.41. The van der Waals surface area contributed by atoms with Crippen LogP contribution in [0.4, 0.5) is 27.9 Å². The zero-order chi connectivity index (χ0) is 22.8. The highest BCUT2D eigenvalue weighted by atomic mass is 32.1. The number of carbonyl (C=O) groups excluding carboxylic acids is 1. The topological polar surface area (TPSA) is 96.9 Å². The van der Waals surface area contributed by atoms with Crippen LogP contribution < -0.4 is 25.3 Å². The van der Waals surface area contributed by atoms with Gasteiger partial charge in [-0.25, -0.2) is 4.98 Å². The van der Waals surface area contributed by atoms with Crippen molar-refractivity contribution < 1.29 is 9.90 Å². The molecule has 1 amide bonds. The molecular formula is C23H25N7O2S. The molecule has 5 rings (SSSR count). The second-order valence-corrected chi connectivity index (χ2v) is 8.74. The van der Waals surface area contributed by atoms with Crippen LogP contribution in [0.2, 0.25) is 0 Å². The summed E-state index contributed by atoms with van der Waals surface area (Å²) in [6.07, 6.45) is 4.51. The minimum absolute atomic E-state index is 0.293. The molecule has 170 valence electrons. The van der Waals surface area contributed by atoms with E-state index in [1.807, 2.05) is 42.3 Å². The van der Waals surface area contributed by atoms with Gasteiger partial charge in [0.25, 0.3) is 5.91 Å². The van der Waals surface area contributed by atoms with Gasteiger partial charge in [0.15, 0.2) is 5.13 Å². The van der Waals surface area contributed by atoms with Crippen molar-refractivity contribution in [3.8, 4) is 0 Å². The molecule has 1 aromatic carbocycles. The van der Waals surface area contributed by atoms with Crippen molar-refractivity contribution in [2.45, 2.75) is 0 Å². The van der Waals surface area contributed by atoms with E-state index in [0.29, 0.717) is 28.8 Å². The van der Waals surface area contributed by atoms with E-state index in [1.165, 1.54) is 11.3 Å². The molecule has 0 bridgehead atoms. The number of carbonyl (C=O) groups is 1. The van der Waals surface area contributed by atoms with Crippen LogP contribution in [-0.4, -0.2) is 60.8 Å². The second-order valence-electron chi connectivity index (χ2n) is 7.90. The SMILES string of the molecule is CN1CC(=CO)N(c2nc(C(=O)Nc3cnccc3N3CCNCC3)cs2)c2ccccc21. The lowest BCUT2D eigenvalue weighted by Gasteiger charge is -2.36. The van der Waals surface area contributed by atoms with Gasteiger partial charge in [0.2, 0.25) is 0 Å². The number of nitrogens with one attached hydrogen (secondary N) is 2. The van der Waals surface area contributed by atoms with Gasteiger partial charge in [-0.2, -0.15) is 0 Å². The first kappa shape index (κ1) is 21.2. The van der Waals surface area contributed by atoms with E-state index < -0.39 is 0 Å². The maximum Gasteiger partial charge on any atom is 0.275 e. The number of likely N-dealkylation sites (N-methyl/N-ethyl adjacent to an activating group) is 1. The average molecular weight is 464 g/mol. The summed E-state index contributed by atoms with van der Waals surface area (Å²) in [6.45, 7) is 4.06. The molecule has 10 heteroatoms. The number of piperazine rings is 1. The third-order valence-electron chi connectivity index (χ3n) is 5.79. The summed E-state index contributed by atoms with van der Waals surface area (Å²) >= 11 is 1.36. The van der Waals surface area contributed by atoms with E-state index in [0.717, 1.165) is 49.5 Å². The Morgan fingerprint density at radius 3 is 2.76 bits per heavy atom. The van der Waals surface area contributed by atoms with E-state index in [2.05, 4.69) is 30.4 Å². The number of benzene rings is 1. The number of amides is 1. The molecule has 9 nitrogen and oxygen atoms in total. The van der Waals surface area contributed by atoms with Gasteiger partial charge in [-0.05, 0) is 18.2 Å². The number of aliphatic hydroxyl groups excluding tert-OH is 1. The number of aromatic nitrogens is 2. The monoisotopic (exact) mass is 463 g/mol. The predicted molar refractivity (Wildman–Crippen MR) is 132 cm³/mol. The van der Waals surface area contributed by atoms with Gasteiger partial charge in [-0.1, -0.05) is 12.1 Å². The van der Waals surface area contributed by atoms with Gasteiger partial charge < -0.3 is 25.5 Å². The summed E-state index contributed by atoms with van der Waals surface area (Å²) in [5.74, 6) is -0.293. The van der Waals surface area contributed by atoms with Crippen molar-refractivity contribution in [2.75, 3.05) is 59.8 Å². The fraction of sp³-hybridized carbons (Fsp3) is 0.261. The standard InChI is InChI=1S/C23H25N7O2S/c1-28-13-16(14-31)30(21-5-3-2-4-20(21)28)23-27-18(15-33-23)22(32)26-17-12-25-7-6-19(17)29-10-8-24-9-11-29/h2-7,12,14-15,24,31H,8-11,13H2,1H3,(H,26,32). The molecule has 33 heavy (non-hydrogen) atoms. The summed E-state index contributed by atoms with van der Waals surface area (Å²) in [7, 11) is 1.98. The van der Waals surface area contributed by atoms with E-state index in [4.69, 9.17) is 0 Å². The lowest BCUT2D eigenvalue weighted by atomic mass is 10.1. The van der Waals surface area contributed by atoms with Gasteiger partial charge in [0, 0.05) is 44.8 Å². The number of pyridine rings is 1. The Morgan fingerprint density at radius 1 is 1.18 bits per heavy atom. The molecular weight excluding hydrogens is 438 g/mol. The van der Waals surface area contributed by atoms with Crippen molar-refractivity contribution in [1.82, 2.24) is 15.3 Å². The van der Waals surface area contributed by atoms with Crippen LogP contribution in [0.25, 0.3) is 0 Å². The Labute approximate surface area is 196 Å². The van der Waals surface area contributed by atoms with Crippen LogP contribution in [0.1, 0.15) is 10.5 Å². The number of hydrogen-bond donors (Lipinski definition) is 3. The van der Waals surface area contributed by atoms with Crippen LogP contribution in [0.3, 0.4) is 0 Å². The summed E-state index contributed by atoms with van der Waals surface area (Å²) in [5.41, 5.74) is 4.56. The van der Waals surface area contributed by atoms with E-state index in [9.17, 15) is 9.90 Å². The average Bonchev–Trinajstić information content (AvgIpc) is 3.35. The highest BCUT2D eigenvalue weighted by Crippen LogP contribution is 2.42. The Bertz CT molecular complexity index is 1190. The molecule has 4 heterocycles. The van der Waals surface area contributed by atoms with E-state index in [1.54, 1.807) is 17.8 Å². The molecule has 2 aliphatic rings. The summed E-state index contributed by atoms with van der Waals surface area (Å²) in [5, 5.41) is 18.6. The number of hydrogen-bond acceptors (Lipinski definition) is 9. The Kier molecular flexibility index (Phi) is 5.84. The number of para-hydroxylation sites is 2. The number of fused-ring (bicyclic) bond motifs is 1. The van der Waals surface area contributed by atoms with Crippen molar-refractivity contribution in [3.63, 3.8) is 0 Å². The first-order chi connectivity index (χ1) is 16.2. The maximum atomic E-state index is 13.1. The second kappa shape index (κ2) is 9.08. The molecule has 2 aromatic heterocycles. The van der Waals surface area contributed by atoms with Gasteiger partial charge >= 0.3 is 0 Å². The number of thiazole rings is 1. The molecule has 0 spiro atoms. The lowest BCUT2D eigenvalue weighted by Crippen LogP contribution is -2.43. The fourth-order valence-corrected chi connectivity index (χ4v) is 5.03. The van der Waals surface area contributed by atoms with Crippen LogP contribution in [0.15, 0.2) is 60.1 Å². The molecule has 3 N–H and O–H groups in total. The summed E-state index contributed by atoms with van der Waals surface area (Å²) in [6, 6.07) is 9.85. The first-order valence-electron chi connectivity index (χ1n) is 10.8. The third kappa shape index (κ3) is 4.10. The molecule has 0 unspecified atom stereocenters. The molecule has 2 aliphatic heterocycles. The lowest BCUT2D eigenvalue weighted by molar-refractivity contribution is 0.102. The van der Waals surface area contributed by atoms with Gasteiger partial charge in [-0.15, -0.1) is 11.3 Å². The number of aliphatic hydroxyl groups is 1. The van der Waals surface area contributed by atoms with Crippen molar-refractivity contribution in [2.24, 2.45) is 0 Å². The quantitative estimate of drug-likeness (QED) is 0.508. The van der Waals surface area contributed by atoms with Gasteiger partial charge in [-0.3, -0.25) is 14.7 Å². The van der Waals surface area contributed by atoms with Crippen LogP contribution >= 0.6 is 11.3 Å². The Hall–Kier alpha value is -3.63. The molecule has 1 saturated heterocycles. The molecule has 0 radical (unpaired) electrons. The van der Waals surface area contributed by atoms with E-state index in [-0.39, 0.29) is 5.91 Å². The van der Waals surface area contributed by atoms with Crippen molar-refractivity contribution >= 4 is 45.1 Å². The zero-order valence-electron chi connectivity index (χ0n) is 18.2. The normalized spacial score (nSPS) is 17.2. The smallest absolute Gasteiger partial charge is 0.275 e. The predicted octanol–water partition coefficient (Wildman–Crippen LogP) is 3.19. The highest BCUT2D eigenvalue weighted by Gasteiger charge is 2.28. The van der Waals surface area contributed by atoms with Crippen LogP contribution in [0, 0.1) is 0 Å². The molecule has 0 aliphatic carbocycles. The third-order valence-corrected chi connectivity index (χ3v) is 6.62. The largest absolute Gasteiger partial charge is 0.514 e. The fourth-order valence-electron chi connectivity index (χ4n) is 4.18. The van der Waals surface area contributed by atoms with E-state index >= 15 is 0 Å². The zero-order valence-corrected chi connectivity index (χ0v) is 19.0. The number of rotatable bonds is 4. The minimum Gasteiger partial charge on any atom is -0.514 e. The van der Waals surface area contributed by atoms with Crippen molar-refractivity contribution in [3.05, 3.63) is 65.8 Å². The maximum absolute atomic E-state index is 13.1.